The highest BCUT2D eigenvalue weighted by Gasteiger charge is 2.30. The summed E-state index contributed by atoms with van der Waals surface area (Å²) in [5.74, 6) is 0.967. The fourth-order valence-corrected chi connectivity index (χ4v) is 2.59. The molecule has 4 heteroatoms. The molecular formula is C15H15ClN2O. The Balaban J connectivity index is 1.89. The summed E-state index contributed by atoms with van der Waals surface area (Å²) in [5.41, 5.74) is 1.49. The van der Waals surface area contributed by atoms with Crippen LogP contribution in [0.3, 0.4) is 0 Å². The molecule has 0 unspecified atom stereocenters. The zero-order valence-electron chi connectivity index (χ0n) is 10.6. The molecule has 19 heavy (non-hydrogen) atoms. The molecule has 1 saturated heterocycles. The average Bonchev–Trinajstić information content (AvgIpc) is 2.60. The van der Waals surface area contributed by atoms with Gasteiger partial charge in [-0.05, 0) is 36.6 Å². The lowest BCUT2D eigenvalue weighted by atomic mass is 10.2. The van der Waals surface area contributed by atoms with E-state index in [1.54, 1.807) is 0 Å². The number of nitrogens with zero attached hydrogens (tertiary/aromatic N) is 2. The third-order valence-electron chi connectivity index (χ3n) is 3.48. The third-order valence-corrected chi connectivity index (χ3v) is 3.73. The molecule has 1 fully saturated rings. The van der Waals surface area contributed by atoms with Crippen molar-refractivity contribution in [1.29, 1.82) is 0 Å². The van der Waals surface area contributed by atoms with E-state index in [0.29, 0.717) is 10.7 Å². The summed E-state index contributed by atoms with van der Waals surface area (Å²) in [6, 6.07) is 7.43. The van der Waals surface area contributed by atoms with Crippen LogP contribution in [0.1, 0.15) is 31.2 Å². The van der Waals surface area contributed by atoms with E-state index in [9.17, 15) is 4.79 Å². The molecular weight excluding hydrogens is 260 g/mol. The zero-order chi connectivity index (χ0) is 13.2. The topological polar surface area (TPSA) is 32.7 Å². The number of benzene rings is 1. The zero-order valence-corrected chi connectivity index (χ0v) is 11.4. The lowest BCUT2D eigenvalue weighted by Gasteiger charge is -2.13. The number of carbonyl (C=O) groups excluding carboxylic acids is 1. The molecule has 0 saturated carbocycles. The van der Waals surface area contributed by atoms with Crippen LogP contribution in [0, 0.1) is 0 Å². The van der Waals surface area contributed by atoms with Crippen molar-refractivity contribution in [3.05, 3.63) is 40.5 Å². The number of amides is 1. The van der Waals surface area contributed by atoms with Gasteiger partial charge in [0.25, 0.3) is 5.91 Å². The van der Waals surface area contributed by atoms with Crippen molar-refractivity contribution >= 4 is 29.4 Å². The summed E-state index contributed by atoms with van der Waals surface area (Å²) in [6.45, 7) is 0.801. The summed E-state index contributed by atoms with van der Waals surface area (Å²) in [6.07, 6.45) is 6.11. The molecule has 0 aromatic heterocycles. The van der Waals surface area contributed by atoms with Crippen LogP contribution in [0.15, 0.2) is 35.0 Å². The molecule has 1 aromatic carbocycles. The number of hydrogen-bond acceptors (Lipinski definition) is 2. The van der Waals surface area contributed by atoms with E-state index in [0.717, 1.165) is 37.2 Å². The number of aliphatic imine (C=N–C) groups is 1. The Hall–Kier alpha value is -1.61. The fourth-order valence-electron chi connectivity index (χ4n) is 2.46. The second-order valence-corrected chi connectivity index (χ2v) is 5.31. The van der Waals surface area contributed by atoms with Gasteiger partial charge in [0.05, 0.1) is 0 Å². The van der Waals surface area contributed by atoms with Gasteiger partial charge in [-0.15, -0.1) is 0 Å². The molecule has 2 heterocycles. The van der Waals surface area contributed by atoms with Crippen molar-refractivity contribution in [2.75, 3.05) is 6.54 Å². The lowest BCUT2D eigenvalue weighted by Crippen LogP contribution is -2.31. The predicted octanol–water partition coefficient (Wildman–Crippen LogP) is 3.50. The average molecular weight is 275 g/mol. The number of hydrogen-bond donors (Lipinski definition) is 0. The third kappa shape index (κ3) is 2.56. The number of carbonyl (C=O) groups is 1. The van der Waals surface area contributed by atoms with Gasteiger partial charge < -0.3 is 0 Å². The second-order valence-electron chi connectivity index (χ2n) is 4.88. The van der Waals surface area contributed by atoms with E-state index in [4.69, 9.17) is 11.6 Å². The molecule has 1 aromatic rings. The largest absolute Gasteiger partial charge is 0.295 e. The van der Waals surface area contributed by atoms with Crippen LogP contribution in [0.4, 0.5) is 0 Å². The molecule has 0 bridgehead atoms. The van der Waals surface area contributed by atoms with Crippen LogP contribution < -0.4 is 0 Å². The molecule has 2 aliphatic heterocycles. The quantitative estimate of drug-likeness (QED) is 0.722. The number of fused-ring (bicyclic) bond motifs is 1. The molecule has 98 valence electrons. The first-order chi connectivity index (χ1) is 9.24. The summed E-state index contributed by atoms with van der Waals surface area (Å²) in [4.78, 5) is 18.6. The van der Waals surface area contributed by atoms with Crippen molar-refractivity contribution in [3.63, 3.8) is 0 Å². The van der Waals surface area contributed by atoms with Crippen LogP contribution in [0.2, 0.25) is 5.02 Å². The molecule has 0 aliphatic carbocycles. The first-order valence-electron chi connectivity index (χ1n) is 6.61. The van der Waals surface area contributed by atoms with Crippen molar-refractivity contribution in [2.24, 2.45) is 4.99 Å². The van der Waals surface area contributed by atoms with E-state index in [1.165, 1.54) is 6.42 Å². The Bertz CT molecular complexity index is 560. The first kappa shape index (κ1) is 12.4. The Morgan fingerprint density at radius 1 is 1.16 bits per heavy atom. The minimum absolute atomic E-state index is 0.0341. The van der Waals surface area contributed by atoms with Crippen molar-refractivity contribution in [1.82, 2.24) is 4.90 Å². The molecule has 0 N–H and O–H groups in total. The Kier molecular flexibility index (Phi) is 3.38. The van der Waals surface area contributed by atoms with E-state index in [1.807, 2.05) is 35.2 Å². The molecule has 0 spiro atoms. The fraction of sp³-hybridized carbons (Fsp3) is 0.333. The van der Waals surface area contributed by atoms with Crippen LogP contribution in [0.25, 0.3) is 6.08 Å². The Morgan fingerprint density at radius 3 is 2.74 bits per heavy atom. The standard InChI is InChI=1S/C15H15ClN2O/c16-12-7-5-11(6-8-12)10-13-15(19)18-9-3-1-2-4-14(18)17-13/h5-8,10H,1-4,9H2/b13-10-. The number of amidine groups is 1. The van der Waals surface area contributed by atoms with Gasteiger partial charge in [0.15, 0.2) is 0 Å². The maximum Gasteiger partial charge on any atom is 0.277 e. The summed E-state index contributed by atoms with van der Waals surface area (Å²) >= 11 is 5.85. The maximum atomic E-state index is 12.3. The second kappa shape index (κ2) is 5.17. The van der Waals surface area contributed by atoms with Crippen molar-refractivity contribution in [3.8, 4) is 0 Å². The summed E-state index contributed by atoms with van der Waals surface area (Å²) in [5, 5.41) is 0.695. The smallest absolute Gasteiger partial charge is 0.277 e. The van der Waals surface area contributed by atoms with Crippen LogP contribution in [-0.2, 0) is 4.79 Å². The van der Waals surface area contributed by atoms with Gasteiger partial charge in [0.1, 0.15) is 11.5 Å². The summed E-state index contributed by atoms with van der Waals surface area (Å²) < 4.78 is 0. The minimum atomic E-state index is 0.0341. The highest BCUT2D eigenvalue weighted by molar-refractivity contribution is 6.30. The van der Waals surface area contributed by atoms with Gasteiger partial charge in [-0.3, -0.25) is 9.69 Å². The SMILES string of the molecule is O=C1/C(=C/c2ccc(Cl)cc2)N=C2CCCCCN12. The highest BCUT2D eigenvalue weighted by atomic mass is 35.5. The molecule has 2 aliphatic rings. The van der Waals surface area contributed by atoms with Gasteiger partial charge in [-0.2, -0.15) is 0 Å². The normalized spacial score (nSPS) is 21.3. The minimum Gasteiger partial charge on any atom is -0.295 e. The van der Waals surface area contributed by atoms with Crippen LogP contribution >= 0.6 is 11.6 Å². The maximum absolute atomic E-state index is 12.3. The summed E-state index contributed by atoms with van der Waals surface area (Å²) in [7, 11) is 0. The highest BCUT2D eigenvalue weighted by Crippen LogP contribution is 2.24. The number of halogens is 1. The predicted molar refractivity (Wildman–Crippen MR) is 77.0 cm³/mol. The molecule has 0 atom stereocenters. The Morgan fingerprint density at radius 2 is 1.95 bits per heavy atom. The monoisotopic (exact) mass is 274 g/mol. The van der Waals surface area contributed by atoms with E-state index >= 15 is 0 Å². The van der Waals surface area contributed by atoms with Gasteiger partial charge in [0.2, 0.25) is 0 Å². The molecule has 0 radical (unpaired) electrons. The van der Waals surface area contributed by atoms with E-state index < -0.39 is 0 Å². The van der Waals surface area contributed by atoms with Crippen molar-refractivity contribution in [2.45, 2.75) is 25.7 Å². The van der Waals surface area contributed by atoms with Gasteiger partial charge in [-0.25, -0.2) is 4.99 Å². The van der Waals surface area contributed by atoms with Crippen molar-refractivity contribution < 1.29 is 4.79 Å². The number of rotatable bonds is 1. The Labute approximate surface area is 117 Å². The lowest BCUT2D eigenvalue weighted by molar-refractivity contribution is -0.122. The van der Waals surface area contributed by atoms with Gasteiger partial charge in [0, 0.05) is 18.0 Å². The molecule has 3 nitrogen and oxygen atoms in total. The van der Waals surface area contributed by atoms with Crippen LogP contribution in [-0.4, -0.2) is 23.2 Å². The van der Waals surface area contributed by atoms with Crippen LogP contribution in [0.5, 0.6) is 0 Å². The van der Waals surface area contributed by atoms with Gasteiger partial charge in [-0.1, -0.05) is 30.2 Å². The van der Waals surface area contributed by atoms with E-state index in [2.05, 4.69) is 4.99 Å². The first-order valence-corrected chi connectivity index (χ1v) is 6.98. The molecule has 3 rings (SSSR count). The molecule has 1 amide bonds. The van der Waals surface area contributed by atoms with E-state index in [-0.39, 0.29) is 5.91 Å². The van der Waals surface area contributed by atoms with Gasteiger partial charge >= 0.3 is 0 Å².